The summed E-state index contributed by atoms with van der Waals surface area (Å²) in [6.07, 6.45) is 2.79. The molecule has 0 bridgehead atoms. The van der Waals surface area contributed by atoms with Crippen molar-refractivity contribution >= 4 is 40.6 Å². The number of anilines is 2. The zero-order chi connectivity index (χ0) is 30.6. The molecule has 0 aliphatic carbocycles. The van der Waals surface area contributed by atoms with E-state index in [1.807, 2.05) is 12.1 Å². The van der Waals surface area contributed by atoms with Crippen LogP contribution in [0.1, 0.15) is 34.3 Å². The predicted octanol–water partition coefficient (Wildman–Crippen LogP) is 7.06. The summed E-state index contributed by atoms with van der Waals surface area (Å²) in [7, 11) is 0. The zero-order valence-electron chi connectivity index (χ0n) is 23.6. The monoisotopic (exact) mass is 596 g/mol. The van der Waals surface area contributed by atoms with Gasteiger partial charge in [-0.05, 0) is 54.4 Å². The van der Waals surface area contributed by atoms with Gasteiger partial charge in [0.05, 0.1) is 6.54 Å². The van der Waals surface area contributed by atoms with Crippen LogP contribution in [0.5, 0.6) is 5.75 Å². The fourth-order valence-corrected chi connectivity index (χ4v) is 4.74. The second-order valence-electron chi connectivity index (χ2n) is 9.83. The van der Waals surface area contributed by atoms with Crippen LogP contribution in [0.2, 0.25) is 5.02 Å². The van der Waals surface area contributed by atoms with Crippen LogP contribution in [0.3, 0.4) is 0 Å². The minimum absolute atomic E-state index is 0.0552. The molecule has 8 heteroatoms. The number of carbonyl (C=O) groups excluding carboxylic acids is 2. The van der Waals surface area contributed by atoms with E-state index in [-0.39, 0.29) is 24.7 Å². The van der Waals surface area contributed by atoms with Crippen molar-refractivity contribution in [2.45, 2.75) is 25.3 Å². The Morgan fingerprint density at radius 2 is 1.65 bits per heavy atom. The van der Waals surface area contributed by atoms with Crippen molar-refractivity contribution in [3.63, 3.8) is 0 Å². The van der Waals surface area contributed by atoms with E-state index in [0.717, 1.165) is 5.56 Å². The number of hydrogen-bond acceptors (Lipinski definition) is 5. The number of amides is 1. The summed E-state index contributed by atoms with van der Waals surface area (Å²) >= 11 is 6.15. The number of benzene rings is 4. The number of ketones is 1. The lowest BCUT2D eigenvalue weighted by Crippen LogP contribution is -2.34. The number of carboxylic acid groups (broad SMARTS) is 1. The molecule has 0 spiro atoms. The molecular formula is C35H33ClN2O5. The molecule has 43 heavy (non-hydrogen) atoms. The van der Waals surface area contributed by atoms with Gasteiger partial charge in [-0.2, -0.15) is 0 Å². The van der Waals surface area contributed by atoms with Crippen LogP contribution in [0.4, 0.5) is 11.4 Å². The number of hydrogen-bond donors (Lipinski definition) is 2. The number of para-hydroxylation sites is 1. The Morgan fingerprint density at radius 3 is 2.35 bits per heavy atom. The van der Waals surface area contributed by atoms with Crippen molar-refractivity contribution in [3.05, 3.63) is 137 Å². The van der Waals surface area contributed by atoms with Crippen LogP contribution in [0.15, 0.2) is 116 Å². The number of nitrogens with zero attached hydrogens (tertiary/aromatic N) is 1. The molecule has 0 fully saturated rings. The van der Waals surface area contributed by atoms with Gasteiger partial charge in [0.2, 0.25) is 5.91 Å². The van der Waals surface area contributed by atoms with Gasteiger partial charge >= 0.3 is 5.97 Å². The average Bonchev–Trinajstić information content (AvgIpc) is 3.02. The lowest BCUT2D eigenvalue weighted by Gasteiger charge is -2.23. The third-order valence-corrected chi connectivity index (χ3v) is 7.00. The molecular weight excluding hydrogens is 564 g/mol. The highest BCUT2D eigenvalue weighted by Crippen LogP contribution is 2.23. The molecule has 0 heterocycles. The maximum atomic E-state index is 13.1. The minimum atomic E-state index is -1.04. The number of rotatable bonds is 15. The normalized spacial score (nSPS) is 11.3. The molecule has 4 rings (SSSR count). The minimum Gasteiger partial charge on any atom is -0.492 e. The highest BCUT2D eigenvalue weighted by molar-refractivity contribution is 6.30. The van der Waals surface area contributed by atoms with E-state index in [9.17, 15) is 19.5 Å². The number of aliphatic carboxylic acids is 1. The Morgan fingerprint density at radius 1 is 0.930 bits per heavy atom. The molecule has 0 aliphatic rings. The van der Waals surface area contributed by atoms with Gasteiger partial charge in [-0.15, -0.1) is 6.58 Å². The number of carbonyl (C=O) groups is 3. The van der Waals surface area contributed by atoms with Crippen LogP contribution >= 0.6 is 11.6 Å². The molecule has 1 amide bonds. The van der Waals surface area contributed by atoms with Crippen molar-refractivity contribution in [2.75, 3.05) is 23.4 Å². The lowest BCUT2D eigenvalue weighted by molar-refractivity contribution is -0.137. The molecule has 2 N–H and O–H groups in total. The van der Waals surface area contributed by atoms with Crippen LogP contribution in [-0.4, -0.2) is 42.0 Å². The largest absolute Gasteiger partial charge is 0.492 e. The van der Waals surface area contributed by atoms with E-state index in [2.05, 4.69) is 11.9 Å². The molecule has 0 unspecified atom stereocenters. The Labute approximate surface area is 256 Å². The Bertz CT molecular complexity index is 1560. The van der Waals surface area contributed by atoms with Gasteiger partial charge in [0.25, 0.3) is 0 Å². The fraction of sp³-hybridized carbons (Fsp3) is 0.171. The highest BCUT2D eigenvalue weighted by Gasteiger charge is 2.21. The van der Waals surface area contributed by atoms with Gasteiger partial charge in [-0.3, -0.25) is 9.59 Å². The SMILES string of the molecule is C=CCCC(=O)N(CCOc1ccc(C[C@H](Nc2ccccc2C(=O)c2ccccc2)C(=O)O)cc1)c1cccc(Cl)c1. The zero-order valence-corrected chi connectivity index (χ0v) is 24.4. The summed E-state index contributed by atoms with van der Waals surface area (Å²) in [6, 6.07) is 29.1. The first-order chi connectivity index (χ1) is 20.9. The number of nitrogens with one attached hydrogen (secondary N) is 1. The first kappa shape index (κ1) is 31.1. The third-order valence-electron chi connectivity index (χ3n) is 6.77. The Hall–Kier alpha value is -4.88. The molecule has 0 aliphatic heterocycles. The fourth-order valence-electron chi connectivity index (χ4n) is 4.55. The van der Waals surface area contributed by atoms with Crippen molar-refractivity contribution < 1.29 is 24.2 Å². The molecule has 7 nitrogen and oxygen atoms in total. The molecule has 4 aromatic rings. The molecule has 220 valence electrons. The highest BCUT2D eigenvalue weighted by atomic mass is 35.5. The smallest absolute Gasteiger partial charge is 0.326 e. The average molecular weight is 597 g/mol. The molecule has 0 radical (unpaired) electrons. The summed E-state index contributed by atoms with van der Waals surface area (Å²) in [6.45, 7) is 4.26. The Kier molecular flexibility index (Phi) is 11.1. The van der Waals surface area contributed by atoms with Crippen molar-refractivity contribution in [3.8, 4) is 5.75 Å². The maximum Gasteiger partial charge on any atom is 0.326 e. The topological polar surface area (TPSA) is 95.9 Å². The number of halogens is 1. The van der Waals surface area contributed by atoms with E-state index in [0.29, 0.717) is 52.7 Å². The summed E-state index contributed by atoms with van der Waals surface area (Å²) < 4.78 is 5.91. The van der Waals surface area contributed by atoms with Gasteiger partial charge in [0, 0.05) is 40.4 Å². The summed E-state index contributed by atoms with van der Waals surface area (Å²) in [4.78, 5) is 39.7. The summed E-state index contributed by atoms with van der Waals surface area (Å²) in [5.74, 6) is -0.692. The second-order valence-corrected chi connectivity index (χ2v) is 10.3. The number of allylic oxidation sites excluding steroid dienone is 1. The van der Waals surface area contributed by atoms with Gasteiger partial charge in [-0.1, -0.05) is 78.3 Å². The lowest BCUT2D eigenvalue weighted by atomic mass is 10.00. The summed E-state index contributed by atoms with van der Waals surface area (Å²) in [5.41, 5.74) is 2.85. The van der Waals surface area contributed by atoms with Gasteiger partial charge < -0.3 is 20.1 Å². The van der Waals surface area contributed by atoms with Crippen molar-refractivity contribution in [2.24, 2.45) is 0 Å². The molecule has 4 aromatic carbocycles. The van der Waals surface area contributed by atoms with Crippen LogP contribution < -0.4 is 15.0 Å². The van der Waals surface area contributed by atoms with Gasteiger partial charge in [0.1, 0.15) is 18.4 Å². The van der Waals surface area contributed by atoms with E-state index in [4.69, 9.17) is 16.3 Å². The molecule has 0 aromatic heterocycles. The third kappa shape index (κ3) is 8.80. The molecule has 0 saturated carbocycles. The van der Waals surface area contributed by atoms with Gasteiger partial charge in [0.15, 0.2) is 5.78 Å². The quantitative estimate of drug-likeness (QED) is 0.113. The predicted molar refractivity (Wildman–Crippen MR) is 170 cm³/mol. The van der Waals surface area contributed by atoms with Gasteiger partial charge in [-0.25, -0.2) is 4.79 Å². The van der Waals surface area contributed by atoms with Crippen molar-refractivity contribution in [1.29, 1.82) is 0 Å². The second kappa shape index (κ2) is 15.4. The van der Waals surface area contributed by atoms with Crippen molar-refractivity contribution in [1.82, 2.24) is 0 Å². The Balaban J connectivity index is 1.39. The first-order valence-electron chi connectivity index (χ1n) is 13.9. The van der Waals surface area contributed by atoms with Crippen LogP contribution in [-0.2, 0) is 16.0 Å². The van der Waals surface area contributed by atoms with Crippen LogP contribution in [0.25, 0.3) is 0 Å². The van der Waals surface area contributed by atoms with Crippen LogP contribution in [0, 0.1) is 0 Å². The molecule has 1 atom stereocenters. The van der Waals surface area contributed by atoms with E-state index in [1.54, 1.807) is 102 Å². The number of carboxylic acids is 1. The first-order valence-corrected chi connectivity index (χ1v) is 14.3. The summed E-state index contributed by atoms with van der Waals surface area (Å²) in [5, 5.41) is 13.5. The standard InChI is InChI=1S/C35H33ClN2O5/c1-2-3-16-33(39)38(28-13-9-12-27(36)24-28)21-22-43-29-19-17-25(18-20-29)23-32(35(41)42)37-31-15-8-7-14-30(31)34(40)26-10-5-4-6-11-26/h2,4-15,17-20,24,32,37H,1,3,16,21-23H2,(H,41,42)/t32-/m0/s1. The van der Waals surface area contributed by atoms with E-state index in [1.165, 1.54) is 0 Å². The van der Waals surface area contributed by atoms with E-state index < -0.39 is 12.0 Å². The van der Waals surface area contributed by atoms with E-state index >= 15 is 0 Å². The maximum absolute atomic E-state index is 13.1. The number of ether oxygens (including phenoxy) is 1. The molecule has 0 saturated heterocycles.